The van der Waals surface area contributed by atoms with Crippen LogP contribution in [-0.2, 0) is 6.42 Å². The summed E-state index contributed by atoms with van der Waals surface area (Å²) in [5.74, 6) is -1.10. The first-order valence-electron chi connectivity index (χ1n) is 7.38. The Bertz CT molecular complexity index is 842. The van der Waals surface area contributed by atoms with E-state index in [4.69, 9.17) is 11.6 Å². The molecular weight excluding hydrogens is 335 g/mol. The number of hydrazine groups is 2. The molecule has 2 aromatic rings. The van der Waals surface area contributed by atoms with E-state index in [9.17, 15) is 14.7 Å². The van der Waals surface area contributed by atoms with Crippen LogP contribution in [0.4, 0.5) is 15.8 Å². The van der Waals surface area contributed by atoms with Crippen LogP contribution in [0.5, 0.6) is 0 Å². The minimum atomic E-state index is -0.500. The summed E-state index contributed by atoms with van der Waals surface area (Å²) < 4.78 is 14.4. The van der Waals surface area contributed by atoms with E-state index in [0.717, 1.165) is 10.6 Å². The van der Waals surface area contributed by atoms with Crippen LogP contribution in [-0.4, -0.2) is 15.5 Å². The predicted octanol–water partition coefficient (Wildman–Crippen LogP) is 2.44. The standard InChI is InChI=1S/C16H14ClFN4O2/c1-9-7-10-3-2-4-12(18)15(10)21-14(9)16(23)20(22(21)24)11-5-6-13(17)19-8-11/h2-6,8-9,23-24H,7H2,1H3/p-1. The van der Waals surface area contributed by atoms with Gasteiger partial charge in [-0.15, -0.1) is 0 Å². The molecule has 0 saturated carbocycles. The van der Waals surface area contributed by atoms with E-state index in [1.54, 1.807) is 18.2 Å². The van der Waals surface area contributed by atoms with Crippen molar-refractivity contribution in [2.24, 2.45) is 5.92 Å². The first kappa shape index (κ1) is 15.2. The number of rotatable bonds is 1. The van der Waals surface area contributed by atoms with Gasteiger partial charge in [0.25, 0.3) is 0 Å². The lowest BCUT2D eigenvalue weighted by atomic mass is 9.92. The summed E-state index contributed by atoms with van der Waals surface area (Å²) in [7, 11) is 0. The monoisotopic (exact) mass is 347 g/mol. The molecule has 2 aliphatic heterocycles. The van der Waals surface area contributed by atoms with Crippen molar-refractivity contribution >= 4 is 23.0 Å². The van der Waals surface area contributed by atoms with Gasteiger partial charge in [0.05, 0.1) is 17.6 Å². The third kappa shape index (κ3) is 2.06. The van der Waals surface area contributed by atoms with Gasteiger partial charge in [-0.3, -0.25) is 5.21 Å². The van der Waals surface area contributed by atoms with Gasteiger partial charge in [0.15, 0.2) is 0 Å². The molecule has 3 heterocycles. The van der Waals surface area contributed by atoms with E-state index in [-0.39, 0.29) is 16.8 Å². The van der Waals surface area contributed by atoms with Crippen LogP contribution < -0.4 is 15.1 Å². The summed E-state index contributed by atoms with van der Waals surface area (Å²) in [6.07, 6.45) is 1.89. The molecule has 0 radical (unpaired) electrons. The normalized spacial score (nSPS) is 20.4. The summed E-state index contributed by atoms with van der Waals surface area (Å²) in [4.78, 5) is 3.92. The lowest BCUT2D eigenvalue weighted by Crippen LogP contribution is -2.47. The number of halogens is 2. The Morgan fingerprint density at radius 1 is 1.29 bits per heavy atom. The Balaban J connectivity index is 1.87. The number of anilines is 2. The third-order valence-electron chi connectivity index (χ3n) is 4.23. The highest BCUT2D eigenvalue weighted by Crippen LogP contribution is 2.44. The van der Waals surface area contributed by atoms with Crippen molar-refractivity contribution in [1.29, 1.82) is 0 Å². The van der Waals surface area contributed by atoms with E-state index in [1.165, 1.54) is 23.3 Å². The number of benzene rings is 1. The topological polar surface area (TPSA) is 65.9 Å². The van der Waals surface area contributed by atoms with Crippen molar-refractivity contribution in [1.82, 2.24) is 10.3 Å². The van der Waals surface area contributed by atoms with E-state index >= 15 is 0 Å². The number of allylic oxidation sites excluding steroid dienone is 1. The second-order valence-corrected chi connectivity index (χ2v) is 6.16. The number of hydrogen-bond acceptors (Lipinski definition) is 6. The van der Waals surface area contributed by atoms with Crippen molar-refractivity contribution in [3.63, 3.8) is 0 Å². The molecular formula is C16H13ClFN4O2-. The largest absolute Gasteiger partial charge is 0.858 e. The smallest absolute Gasteiger partial charge is 0.148 e. The molecule has 4 rings (SSSR count). The molecule has 0 aliphatic carbocycles. The fourth-order valence-corrected chi connectivity index (χ4v) is 3.31. The Kier molecular flexibility index (Phi) is 3.38. The van der Waals surface area contributed by atoms with Crippen LogP contribution in [0.3, 0.4) is 0 Å². The number of aromatic nitrogens is 1. The molecule has 6 nitrogen and oxygen atoms in total. The molecule has 0 saturated heterocycles. The highest BCUT2D eigenvalue weighted by atomic mass is 35.5. The maximum absolute atomic E-state index is 14.4. The summed E-state index contributed by atoms with van der Waals surface area (Å²) in [5, 5.41) is 26.6. The van der Waals surface area contributed by atoms with Crippen molar-refractivity contribution in [3.05, 3.63) is 64.6 Å². The minimum Gasteiger partial charge on any atom is -0.858 e. The summed E-state index contributed by atoms with van der Waals surface area (Å²) in [5.41, 5.74) is 1.56. The molecule has 1 aromatic carbocycles. The Hall–Kier alpha value is -2.35. The van der Waals surface area contributed by atoms with Crippen LogP contribution in [0.25, 0.3) is 0 Å². The molecule has 1 N–H and O–H groups in total. The van der Waals surface area contributed by atoms with Crippen LogP contribution in [0.2, 0.25) is 5.15 Å². The molecule has 2 aliphatic rings. The van der Waals surface area contributed by atoms with Crippen LogP contribution in [0.1, 0.15) is 12.5 Å². The second kappa shape index (κ2) is 5.34. The molecule has 24 heavy (non-hydrogen) atoms. The SMILES string of the molecule is CC1Cc2cccc(F)c2N2C1=C([O-])N(c1ccc(Cl)nc1)N2O. The molecule has 1 aromatic heterocycles. The van der Waals surface area contributed by atoms with Crippen molar-refractivity contribution in [2.45, 2.75) is 13.3 Å². The highest BCUT2D eigenvalue weighted by molar-refractivity contribution is 6.29. The van der Waals surface area contributed by atoms with Gasteiger partial charge in [-0.05, 0) is 30.2 Å². The number of nitrogens with zero attached hydrogens (tertiary/aromatic N) is 4. The van der Waals surface area contributed by atoms with Crippen molar-refractivity contribution in [3.8, 4) is 0 Å². The zero-order valence-corrected chi connectivity index (χ0v) is 13.4. The molecule has 0 amide bonds. The highest BCUT2D eigenvalue weighted by Gasteiger charge is 2.41. The summed E-state index contributed by atoms with van der Waals surface area (Å²) >= 11 is 5.77. The van der Waals surface area contributed by atoms with E-state index in [0.29, 0.717) is 23.1 Å². The molecule has 0 fully saturated rings. The molecule has 0 spiro atoms. The summed E-state index contributed by atoms with van der Waals surface area (Å²) in [6.45, 7) is 1.87. The first-order chi connectivity index (χ1) is 11.5. The third-order valence-corrected chi connectivity index (χ3v) is 4.45. The Morgan fingerprint density at radius 3 is 2.79 bits per heavy atom. The lowest BCUT2D eigenvalue weighted by molar-refractivity contribution is -0.314. The van der Waals surface area contributed by atoms with Gasteiger partial charge in [0.1, 0.15) is 16.7 Å². The lowest BCUT2D eigenvalue weighted by Gasteiger charge is -2.37. The number of para-hydroxylation sites is 1. The molecule has 1 atom stereocenters. The average Bonchev–Trinajstić information content (AvgIpc) is 2.81. The average molecular weight is 348 g/mol. The number of pyridine rings is 1. The summed E-state index contributed by atoms with van der Waals surface area (Å²) in [6, 6.07) is 7.78. The van der Waals surface area contributed by atoms with Gasteiger partial charge in [0.2, 0.25) is 0 Å². The van der Waals surface area contributed by atoms with E-state index in [2.05, 4.69) is 4.98 Å². The zero-order valence-electron chi connectivity index (χ0n) is 12.6. The van der Waals surface area contributed by atoms with Gasteiger partial charge in [-0.25, -0.2) is 19.4 Å². The molecule has 8 heteroatoms. The zero-order chi connectivity index (χ0) is 17.0. The Morgan fingerprint density at radius 2 is 2.08 bits per heavy atom. The van der Waals surface area contributed by atoms with Gasteiger partial charge in [0, 0.05) is 17.1 Å². The van der Waals surface area contributed by atoms with Crippen LogP contribution in [0.15, 0.2) is 48.1 Å². The molecule has 124 valence electrons. The number of hydrogen-bond donors (Lipinski definition) is 1. The van der Waals surface area contributed by atoms with Crippen molar-refractivity contribution < 1.29 is 14.7 Å². The van der Waals surface area contributed by atoms with E-state index < -0.39 is 11.7 Å². The maximum atomic E-state index is 14.4. The quantitative estimate of drug-likeness (QED) is 0.799. The van der Waals surface area contributed by atoms with Crippen LogP contribution >= 0.6 is 11.6 Å². The van der Waals surface area contributed by atoms with Gasteiger partial charge >= 0.3 is 0 Å². The maximum Gasteiger partial charge on any atom is 0.148 e. The van der Waals surface area contributed by atoms with Gasteiger partial charge in [-0.2, -0.15) is 0 Å². The van der Waals surface area contributed by atoms with Gasteiger partial charge in [-0.1, -0.05) is 30.7 Å². The van der Waals surface area contributed by atoms with Crippen molar-refractivity contribution in [2.75, 3.05) is 10.0 Å². The fraction of sp³-hybridized carbons (Fsp3) is 0.188. The first-order valence-corrected chi connectivity index (χ1v) is 7.76. The second-order valence-electron chi connectivity index (χ2n) is 5.77. The number of fused-ring (bicyclic) bond motifs is 3. The predicted molar refractivity (Wildman–Crippen MR) is 84.1 cm³/mol. The fourth-order valence-electron chi connectivity index (χ4n) is 3.20. The minimum absolute atomic E-state index is 0.174. The Labute approximate surface area is 142 Å². The molecule has 0 bridgehead atoms. The van der Waals surface area contributed by atoms with E-state index in [1.807, 2.05) is 6.92 Å². The van der Waals surface area contributed by atoms with Gasteiger partial charge < -0.3 is 5.11 Å². The van der Waals surface area contributed by atoms with Crippen LogP contribution in [0, 0.1) is 11.7 Å². The molecule has 1 unspecified atom stereocenters.